The first kappa shape index (κ1) is 14.1. The molecule has 1 fully saturated rings. The van der Waals surface area contributed by atoms with Crippen LogP contribution in [0.1, 0.15) is 6.42 Å². The van der Waals surface area contributed by atoms with Crippen molar-refractivity contribution in [1.82, 2.24) is 0 Å². The highest BCUT2D eigenvalue weighted by Crippen LogP contribution is 2.31. The predicted octanol–water partition coefficient (Wildman–Crippen LogP) is 2.02. The highest BCUT2D eigenvalue weighted by Gasteiger charge is 2.40. The molecule has 2 rings (SSSR count). The van der Waals surface area contributed by atoms with Gasteiger partial charge in [0.15, 0.2) is 0 Å². The van der Waals surface area contributed by atoms with Gasteiger partial charge in [0.2, 0.25) is 5.91 Å². The molecule has 0 N–H and O–H groups in total. The molecule has 0 bridgehead atoms. The van der Waals surface area contributed by atoms with E-state index in [1.807, 2.05) is 0 Å². The molecular weight excluding hydrogens is 307 g/mol. The number of halogens is 4. The van der Waals surface area contributed by atoms with E-state index in [4.69, 9.17) is 11.6 Å². The molecular formula is C10H7ClF3NO3S. The maximum absolute atomic E-state index is 13.5. The molecule has 1 atom stereocenters. The van der Waals surface area contributed by atoms with Crippen molar-refractivity contribution in [3.63, 3.8) is 0 Å². The quantitative estimate of drug-likeness (QED) is 0.620. The Kier molecular flexibility index (Phi) is 3.48. The second kappa shape index (κ2) is 4.68. The summed E-state index contributed by atoms with van der Waals surface area (Å²) in [7, 11) is -4.90. The molecule has 1 aromatic rings. The van der Waals surface area contributed by atoms with Gasteiger partial charge < -0.3 is 4.90 Å². The van der Waals surface area contributed by atoms with Crippen molar-refractivity contribution < 1.29 is 25.9 Å². The molecule has 1 aliphatic heterocycles. The maximum atomic E-state index is 13.5. The summed E-state index contributed by atoms with van der Waals surface area (Å²) in [6.45, 7) is -0.531. The second-order valence-corrected chi connectivity index (χ2v) is 6.05. The molecule has 0 radical (unpaired) electrons. The highest BCUT2D eigenvalue weighted by molar-refractivity contribution is 7.87. The monoisotopic (exact) mass is 313 g/mol. The van der Waals surface area contributed by atoms with Gasteiger partial charge in [0, 0.05) is 19.0 Å². The van der Waals surface area contributed by atoms with Crippen molar-refractivity contribution in [2.75, 3.05) is 11.4 Å². The van der Waals surface area contributed by atoms with E-state index in [0.29, 0.717) is 6.07 Å². The van der Waals surface area contributed by atoms with Crippen molar-refractivity contribution in [3.05, 3.63) is 28.8 Å². The molecule has 104 valence electrons. The van der Waals surface area contributed by atoms with Crippen molar-refractivity contribution in [2.24, 2.45) is 0 Å². The molecule has 0 spiro atoms. The molecule has 0 aromatic heterocycles. The van der Waals surface area contributed by atoms with Crippen LogP contribution >= 0.6 is 11.6 Å². The number of nitrogens with zero attached hydrogens (tertiary/aromatic N) is 1. The lowest BCUT2D eigenvalue weighted by Gasteiger charge is -2.17. The lowest BCUT2D eigenvalue weighted by Crippen LogP contribution is -2.27. The van der Waals surface area contributed by atoms with E-state index < -0.39 is 51.0 Å². The molecule has 1 unspecified atom stereocenters. The number of hydrogen-bond donors (Lipinski definition) is 0. The molecule has 0 aliphatic carbocycles. The van der Waals surface area contributed by atoms with Gasteiger partial charge in [-0.1, -0.05) is 11.6 Å². The number of hydrogen-bond acceptors (Lipinski definition) is 3. The van der Waals surface area contributed by atoms with Crippen LogP contribution in [-0.4, -0.2) is 26.1 Å². The second-order valence-electron chi connectivity index (χ2n) is 4.02. The fourth-order valence-corrected chi connectivity index (χ4v) is 2.64. The first-order valence-electron chi connectivity index (χ1n) is 5.08. The summed E-state index contributed by atoms with van der Waals surface area (Å²) in [4.78, 5) is 12.3. The van der Waals surface area contributed by atoms with Gasteiger partial charge in [-0.3, -0.25) is 4.79 Å². The Bertz CT molecular complexity index is 650. The maximum Gasteiger partial charge on any atom is 0.307 e. The van der Waals surface area contributed by atoms with Gasteiger partial charge in [-0.2, -0.15) is 8.42 Å². The summed E-state index contributed by atoms with van der Waals surface area (Å²) in [6, 6.07) is 1.33. The van der Waals surface area contributed by atoms with Gasteiger partial charge in [0.05, 0.1) is 10.7 Å². The third-order valence-corrected chi connectivity index (χ3v) is 4.17. The van der Waals surface area contributed by atoms with Crippen LogP contribution in [0.25, 0.3) is 0 Å². The first-order valence-corrected chi connectivity index (χ1v) is 6.91. The smallest absolute Gasteiger partial charge is 0.307 e. The zero-order chi connectivity index (χ0) is 14.4. The highest BCUT2D eigenvalue weighted by atomic mass is 35.5. The number of carbonyl (C=O) groups is 1. The molecule has 0 saturated carbocycles. The Balaban J connectivity index is 2.39. The van der Waals surface area contributed by atoms with Crippen LogP contribution < -0.4 is 4.90 Å². The van der Waals surface area contributed by atoms with Gasteiger partial charge in [0.1, 0.15) is 16.9 Å². The Morgan fingerprint density at radius 3 is 2.42 bits per heavy atom. The SMILES string of the molecule is O=C1CC(S(=O)(=O)F)CN1c1cc(Cl)c(F)cc1F. The number of rotatable bonds is 2. The lowest BCUT2D eigenvalue weighted by molar-refractivity contribution is -0.117. The first-order chi connectivity index (χ1) is 8.70. The van der Waals surface area contributed by atoms with Gasteiger partial charge in [0.25, 0.3) is 0 Å². The summed E-state index contributed by atoms with van der Waals surface area (Å²) in [5.74, 6) is -2.86. The zero-order valence-electron chi connectivity index (χ0n) is 9.24. The fourth-order valence-electron chi connectivity index (χ4n) is 1.82. The normalized spacial score (nSPS) is 20.1. The van der Waals surface area contributed by atoms with Crippen LogP contribution in [0.15, 0.2) is 12.1 Å². The third-order valence-electron chi connectivity index (χ3n) is 2.77. The van der Waals surface area contributed by atoms with Gasteiger partial charge in [-0.05, 0) is 6.07 Å². The molecule has 1 aromatic carbocycles. The molecule has 1 aliphatic rings. The van der Waals surface area contributed by atoms with E-state index in [-0.39, 0.29) is 5.69 Å². The molecule has 9 heteroatoms. The van der Waals surface area contributed by atoms with E-state index in [9.17, 15) is 25.9 Å². The Morgan fingerprint density at radius 1 is 1.26 bits per heavy atom. The van der Waals surface area contributed by atoms with Crippen LogP contribution in [0.3, 0.4) is 0 Å². The number of anilines is 1. The Morgan fingerprint density at radius 2 is 1.89 bits per heavy atom. The van der Waals surface area contributed by atoms with Crippen LogP contribution in [0, 0.1) is 11.6 Å². The fraction of sp³-hybridized carbons (Fsp3) is 0.300. The summed E-state index contributed by atoms with van der Waals surface area (Å²) in [5, 5.41) is -1.97. The summed E-state index contributed by atoms with van der Waals surface area (Å²) < 4.78 is 60.8. The molecule has 1 heterocycles. The van der Waals surface area contributed by atoms with Crippen molar-refractivity contribution in [1.29, 1.82) is 0 Å². The minimum atomic E-state index is -4.90. The average Bonchev–Trinajstić information content (AvgIpc) is 2.65. The van der Waals surface area contributed by atoms with E-state index in [0.717, 1.165) is 11.0 Å². The summed E-state index contributed by atoms with van der Waals surface area (Å²) >= 11 is 5.47. The standard InChI is InChI=1S/C10H7ClF3NO3S/c11-6-2-9(8(13)3-7(6)12)15-4-5(1-10(15)16)19(14,17)18/h2-3,5H,1,4H2. The number of benzene rings is 1. The molecule has 1 amide bonds. The van der Waals surface area contributed by atoms with E-state index >= 15 is 0 Å². The Labute approximate surface area is 112 Å². The van der Waals surface area contributed by atoms with Crippen molar-refractivity contribution in [3.8, 4) is 0 Å². The summed E-state index contributed by atoms with van der Waals surface area (Å²) in [6.07, 6.45) is -0.590. The minimum absolute atomic E-state index is 0.373. The van der Waals surface area contributed by atoms with Gasteiger partial charge in [-0.25, -0.2) is 8.78 Å². The minimum Gasteiger partial charge on any atom is -0.308 e. The zero-order valence-corrected chi connectivity index (χ0v) is 10.8. The third kappa shape index (κ3) is 2.69. The largest absolute Gasteiger partial charge is 0.308 e. The van der Waals surface area contributed by atoms with Crippen LogP contribution in [-0.2, 0) is 15.0 Å². The van der Waals surface area contributed by atoms with Crippen LogP contribution in [0.4, 0.5) is 18.4 Å². The topological polar surface area (TPSA) is 54.5 Å². The average molecular weight is 314 g/mol. The molecule has 4 nitrogen and oxygen atoms in total. The van der Waals surface area contributed by atoms with Crippen molar-refractivity contribution in [2.45, 2.75) is 11.7 Å². The van der Waals surface area contributed by atoms with Crippen LogP contribution in [0.5, 0.6) is 0 Å². The molecule has 1 saturated heterocycles. The lowest BCUT2D eigenvalue weighted by atomic mass is 10.2. The van der Waals surface area contributed by atoms with Crippen LogP contribution in [0.2, 0.25) is 5.02 Å². The van der Waals surface area contributed by atoms with E-state index in [1.165, 1.54) is 0 Å². The molecule has 19 heavy (non-hydrogen) atoms. The predicted molar refractivity (Wildman–Crippen MR) is 62.2 cm³/mol. The van der Waals surface area contributed by atoms with Crippen molar-refractivity contribution >= 4 is 33.4 Å². The number of carbonyl (C=O) groups excluding carboxylic acids is 1. The summed E-state index contributed by atoms with van der Waals surface area (Å²) in [5.41, 5.74) is -0.373. The van der Waals surface area contributed by atoms with E-state index in [2.05, 4.69) is 0 Å². The number of amides is 1. The van der Waals surface area contributed by atoms with E-state index in [1.54, 1.807) is 0 Å². The van der Waals surface area contributed by atoms with Gasteiger partial charge in [-0.15, -0.1) is 3.89 Å². The Hall–Kier alpha value is -1.28. The van der Waals surface area contributed by atoms with Gasteiger partial charge >= 0.3 is 10.2 Å².